The smallest absolute Gasteiger partial charge is 0.416 e. The topological polar surface area (TPSA) is 56.2 Å². The average Bonchev–Trinajstić information content (AvgIpc) is 3.11. The second-order valence-corrected chi connectivity index (χ2v) is 5.85. The second-order valence-electron chi connectivity index (χ2n) is 5.85. The van der Waals surface area contributed by atoms with Gasteiger partial charge < -0.3 is 10.1 Å². The summed E-state index contributed by atoms with van der Waals surface area (Å²) in [6.45, 7) is 0.124. The quantitative estimate of drug-likeness (QED) is 0.668. The van der Waals surface area contributed by atoms with Gasteiger partial charge in [-0.3, -0.25) is 4.79 Å². The van der Waals surface area contributed by atoms with Gasteiger partial charge in [0.25, 0.3) is 5.91 Å². The number of amides is 1. The molecular weight excluding hydrogens is 378 g/mol. The Bertz CT molecular complexity index is 982. The van der Waals surface area contributed by atoms with Crippen LogP contribution in [0.2, 0.25) is 0 Å². The van der Waals surface area contributed by atoms with Crippen molar-refractivity contribution in [3.63, 3.8) is 0 Å². The first-order chi connectivity index (χ1) is 13.3. The van der Waals surface area contributed by atoms with Gasteiger partial charge in [0.05, 0.1) is 24.6 Å². The zero-order valence-corrected chi connectivity index (χ0v) is 14.6. The maximum absolute atomic E-state index is 12.9. The minimum Gasteiger partial charge on any atom is -0.493 e. The van der Waals surface area contributed by atoms with E-state index in [-0.39, 0.29) is 23.7 Å². The molecule has 1 amide bonds. The summed E-state index contributed by atoms with van der Waals surface area (Å²) >= 11 is 0. The van der Waals surface area contributed by atoms with Gasteiger partial charge in [-0.2, -0.15) is 18.3 Å². The van der Waals surface area contributed by atoms with E-state index in [0.29, 0.717) is 5.56 Å². The molecule has 0 aliphatic rings. The van der Waals surface area contributed by atoms with Crippen molar-refractivity contribution in [1.82, 2.24) is 15.1 Å². The highest BCUT2D eigenvalue weighted by Crippen LogP contribution is 2.30. The Kier molecular flexibility index (Phi) is 5.34. The minimum atomic E-state index is -4.50. The molecule has 3 aromatic rings. The van der Waals surface area contributed by atoms with Gasteiger partial charge in [-0.1, -0.05) is 18.2 Å². The maximum Gasteiger partial charge on any atom is 0.416 e. The van der Waals surface area contributed by atoms with Gasteiger partial charge >= 0.3 is 6.18 Å². The third-order valence-corrected chi connectivity index (χ3v) is 3.92. The highest BCUT2D eigenvalue weighted by molar-refractivity contribution is 5.94. The molecule has 5 nitrogen and oxygen atoms in total. The van der Waals surface area contributed by atoms with Crippen LogP contribution in [0.5, 0.6) is 5.75 Å². The first kappa shape index (κ1) is 19.4. The van der Waals surface area contributed by atoms with E-state index < -0.39 is 23.5 Å². The van der Waals surface area contributed by atoms with Gasteiger partial charge in [0, 0.05) is 6.54 Å². The number of benzene rings is 2. The third kappa shape index (κ3) is 4.30. The van der Waals surface area contributed by atoms with Crippen LogP contribution >= 0.6 is 0 Å². The molecule has 0 aliphatic carbocycles. The largest absolute Gasteiger partial charge is 0.493 e. The number of hydrogen-bond donors (Lipinski definition) is 1. The molecule has 0 spiro atoms. The molecule has 146 valence electrons. The standard InChI is InChI=1S/C19H15F4N3O2/c1-28-16-11-26(15-4-2-3-13(9-15)19(21,22)23)25-17(16)18(27)24-10-12-5-7-14(20)8-6-12/h2-9,11H,10H2,1H3,(H,24,27). The monoisotopic (exact) mass is 393 g/mol. The molecule has 28 heavy (non-hydrogen) atoms. The number of hydrogen-bond acceptors (Lipinski definition) is 3. The summed E-state index contributed by atoms with van der Waals surface area (Å²) in [5.41, 5.74) is -0.111. The Morgan fingerprint density at radius 3 is 2.54 bits per heavy atom. The number of methoxy groups -OCH3 is 1. The van der Waals surface area contributed by atoms with E-state index in [0.717, 1.165) is 16.8 Å². The fraction of sp³-hybridized carbons (Fsp3) is 0.158. The summed E-state index contributed by atoms with van der Waals surface area (Å²) in [6, 6.07) is 10.1. The van der Waals surface area contributed by atoms with Crippen molar-refractivity contribution in [1.29, 1.82) is 0 Å². The Hall–Kier alpha value is -3.36. The summed E-state index contributed by atoms with van der Waals surface area (Å²) in [7, 11) is 1.32. The lowest BCUT2D eigenvalue weighted by Crippen LogP contribution is -2.24. The number of halogens is 4. The number of alkyl halides is 3. The Balaban J connectivity index is 1.82. The molecule has 0 radical (unpaired) electrons. The average molecular weight is 393 g/mol. The van der Waals surface area contributed by atoms with Crippen molar-refractivity contribution in [2.24, 2.45) is 0 Å². The van der Waals surface area contributed by atoms with E-state index in [1.54, 1.807) is 0 Å². The van der Waals surface area contributed by atoms with Crippen LogP contribution in [0.15, 0.2) is 54.7 Å². The number of carbonyl (C=O) groups is 1. The van der Waals surface area contributed by atoms with Crippen LogP contribution in [-0.4, -0.2) is 22.8 Å². The van der Waals surface area contributed by atoms with Gasteiger partial charge in [-0.05, 0) is 35.9 Å². The van der Waals surface area contributed by atoms with E-state index in [1.165, 1.54) is 49.7 Å². The van der Waals surface area contributed by atoms with Crippen molar-refractivity contribution >= 4 is 5.91 Å². The normalized spacial score (nSPS) is 11.3. The van der Waals surface area contributed by atoms with Crippen LogP contribution in [-0.2, 0) is 12.7 Å². The lowest BCUT2D eigenvalue weighted by molar-refractivity contribution is -0.137. The minimum absolute atomic E-state index is 0.0815. The van der Waals surface area contributed by atoms with Crippen molar-refractivity contribution in [2.75, 3.05) is 7.11 Å². The number of nitrogens with one attached hydrogen (secondary N) is 1. The van der Waals surface area contributed by atoms with Gasteiger partial charge in [0.2, 0.25) is 0 Å². The second kappa shape index (κ2) is 7.71. The van der Waals surface area contributed by atoms with Crippen LogP contribution < -0.4 is 10.1 Å². The molecule has 3 rings (SSSR count). The molecule has 0 saturated heterocycles. The SMILES string of the molecule is COc1cn(-c2cccc(C(F)(F)F)c2)nc1C(=O)NCc1ccc(F)cc1. The molecular formula is C19H15F4N3O2. The lowest BCUT2D eigenvalue weighted by Gasteiger charge is -2.08. The van der Waals surface area contributed by atoms with Gasteiger partial charge in [-0.15, -0.1) is 0 Å². The fourth-order valence-electron chi connectivity index (χ4n) is 2.49. The molecule has 2 aromatic carbocycles. The predicted octanol–water partition coefficient (Wildman–Crippen LogP) is 3.97. The van der Waals surface area contributed by atoms with Gasteiger partial charge in [-0.25, -0.2) is 9.07 Å². The number of ether oxygens (including phenoxy) is 1. The maximum atomic E-state index is 12.9. The number of rotatable bonds is 5. The Labute approximate surface area is 157 Å². The van der Waals surface area contributed by atoms with Gasteiger partial charge in [0.1, 0.15) is 5.82 Å². The summed E-state index contributed by atoms with van der Waals surface area (Å²) < 4.78 is 57.9. The number of carbonyl (C=O) groups excluding carboxylic acids is 1. The van der Waals surface area contributed by atoms with E-state index in [2.05, 4.69) is 10.4 Å². The zero-order valence-electron chi connectivity index (χ0n) is 14.6. The molecule has 0 aliphatic heterocycles. The molecule has 1 aromatic heterocycles. The molecule has 0 saturated carbocycles. The summed E-state index contributed by atoms with van der Waals surface area (Å²) in [4.78, 5) is 12.4. The summed E-state index contributed by atoms with van der Waals surface area (Å²) in [5, 5.41) is 6.67. The summed E-state index contributed by atoms with van der Waals surface area (Å²) in [5.74, 6) is -0.863. The Morgan fingerprint density at radius 1 is 1.18 bits per heavy atom. The summed E-state index contributed by atoms with van der Waals surface area (Å²) in [6.07, 6.45) is -3.18. The highest BCUT2D eigenvalue weighted by atomic mass is 19.4. The van der Waals surface area contributed by atoms with Crippen molar-refractivity contribution in [3.05, 3.63) is 77.4 Å². The van der Waals surface area contributed by atoms with Crippen molar-refractivity contribution < 1.29 is 27.1 Å². The first-order valence-corrected chi connectivity index (χ1v) is 8.12. The van der Waals surface area contributed by atoms with Crippen LogP contribution in [0.4, 0.5) is 17.6 Å². The van der Waals surface area contributed by atoms with Crippen LogP contribution in [0.1, 0.15) is 21.6 Å². The zero-order chi connectivity index (χ0) is 20.3. The van der Waals surface area contributed by atoms with Gasteiger partial charge in [0.15, 0.2) is 11.4 Å². The Morgan fingerprint density at radius 2 is 1.89 bits per heavy atom. The third-order valence-electron chi connectivity index (χ3n) is 3.92. The van der Waals surface area contributed by atoms with Crippen molar-refractivity contribution in [2.45, 2.75) is 12.7 Å². The van der Waals surface area contributed by atoms with E-state index in [1.807, 2.05) is 0 Å². The van der Waals surface area contributed by atoms with E-state index >= 15 is 0 Å². The molecule has 0 unspecified atom stereocenters. The van der Waals surface area contributed by atoms with Crippen LogP contribution in [0.25, 0.3) is 5.69 Å². The molecule has 1 heterocycles. The van der Waals surface area contributed by atoms with Crippen LogP contribution in [0.3, 0.4) is 0 Å². The first-order valence-electron chi connectivity index (χ1n) is 8.12. The molecule has 1 N–H and O–H groups in total. The van der Waals surface area contributed by atoms with Crippen molar-refractivity contribution in [3.8, 4) is 11.4 Å². The lowest BCUT2D eigenvalue weighted by atomic mass is 10.2. The van der Waals surface area contributed by atoms with Crippen LogP contribution in [0, 0.1) is 5.82 Å². The highest BCUT2D eigenvalue weighted by Gasteiger charge is 2.30. The fourth-order valence-corrected chi connectivity index (χ4v) is 2.49. The predicted molar refractivity (Wildman–Crippen MR) is 92.7 cm³/mol. The molecule has 0 bridgehead atoms. The molecule has 9 heteroatoms. The molecule has 0 atom stereocenters. The molecule has 0 fully saturated rings. The van der Waals surface area contributed by atoms with E-state index in [4.69, 9.17) is 4.74 Å². The van der Waals surface area contributed by atoms with E-state index in [9.17, 15) is 22.4 Å². The number of aromatic nitrogens is 2. The number of nitrogens with zero attached hydrogens (tertiary/aromatic N) is 2.